The summed E-state index contributed by atoms with van der Waals surface area (Å²) in [6.45, 7) is 2.88. The number of rotatable bonds is 4. The van der Waals surface area contributed by atoms with Crippen LogP contribution in [0.1, 0.15) is 44.9 Å². The molecule has 0 radical (unpaired) electrons. The smallest absolute Gasteiger partial charge is 0.261 e. The minimum atomic E-state index is -0.104. The van der Waals surface area contributed by atoms with E-state index in [2.05, 4.69) is 17.2 Å². The van der Waals surface area contributed by atoms with Crippen molar-refractivity contribution in [3.8, 4) is 5.75 Å². The number of amides is 1. The maximum atomic E-state index is 12.6. The predicted molar refractivity (Wildman–Crippen MR) is 99.4 cm³/mol. The molecule has 1 saturated carbocycles. The molecule has 1 aromatic heterocycles. The van der Waals surface area contributed by atoms with Crippen LogP contribution in [0.4, 0.5) is 0 Å². The second-order valence-electron chi connectivity index (χ2n) is 7.49. The molecule has 0 bridgehead atoms. The number of aryl methyl sites for hydroxylation is 1. The highest BCUT2D eigenvalue weighted by molar-refractivity contribution is 5.80. The maximum absolute atomic E-state index is 12.6. The number of carbonyl (C=O) groups is 1. The van der Waals surface area contributed by atoms with E-state index in [4.69, 9.17) is 4.74 Å². The Kier molecular flexibility index (Phi) is 4.66. The van der Waals surface area contributed by atoms with Gasteiger partial charge in [-0.3, -0.25) is 14.2 Å². The lowest BCUT2D eigenvalue weighted by Gasteiger charge is -2.29. The third kappa shape index (κ3) is 3.32. The first-order chi connectivity index (χ1) is 12.6. The summed E-state index contributed by atoms with van der Waals surface area (Å²) < 4.78 is 7.38. The number of fused-ring (bicyclic) bond motifs is 2. The van der Waals surface area contributed by atoms with E-state index in [9.17, 15) is 9.59 Å². The fourth-order valence-electron chi connectivity index (χ4n) is 4.08. The van der Waals surface area contributed by atoms with Crippen LogP contribution >= 0.6 is 0 Å². The molecular weight excluding hydrogens is 330 g/mol. The molecule has 2 aliphatic rings. The van der Waals surface area contributed by atoms with Gasteiger partial charge in [0.25, 0.3) is 11.5 Å². The number of nitrogens with zero attached hydrogens (tertiary/aromatic N) is 2. The molecule has 26 heavy (non-hydrogen) atoms. The molecule has 138 valence electrons. The molecule has 1 fully saturated rings. The summed E-state index contributed by atoms with van der Waals surface area (Å²) in [4.78, 5) is 29.4. The molecule has 1 N–H and O–H groups in total. The quantitative estimate of drug-likeness (QED) is 0.914. The van der Waals surface area contributed by atoms with Gasteiger partial charge in [0.1, 0.15) is 11.6 Å². The molecule has 2 atom stereocenters. The largest absolute Gasteiger partial charge is 0.484 e. The van der Waals surface area contributed by atoms with Crippen molar-refractivity contribution in [3.63, 3.8) is 0 Å². The van der Waals surface area contributed by atoms with Crippen molar-refractivity contribution in [2.45, 2.75) is 58.0 Å². The molecule has 1 aromatic carbocycles. The van der Waals surface area contributed by atoms with Gasteiger partial charge < -0.3 is 10.1 Å². The number of carbonyl (C=O) groups excluding carboxylic acids is 1. The van der Waals surface area contributed by atoms with E-state index in [0.717, 1.165) is 38.1 Å². The van der Waals surface area contributed by atoms with Crippen LogP contribution in [0.3, 0.4) is 0 Å². The molecule has 0 saturated heterocycles. The van der Waals surface area contributed by atoms with Gasteiger partial charge in [0, 0.05) is 19.0 Å². The zero-order chi connectivity index (χ0) is 18.1. The third-order valence-electron chi connectivity index (χ3n) is 5.61. The number of hydrogen-bond acceptors (Lipinski definition) is 4. The normalized spacial score (nSPS) is 22.2. The molecule has 1 aliphatic heterocycles. The van der Waals surface area contributed by atoms with Crippen molar-refractivity contribution in [1.29, 1.82) is 0 Å². The maximum Gasteiger partial charge on any atom is 0.261 e. The molecule has 4 rings (SSSR count). The zero-order valence-electron chi connectivity index (χ0n) is 15.2. The lowest BCUT2D eigenvalue weighted by molar-refractivity contribution is -0.124. The molecule has 6 nitrogen and oxygen atoms in total. The van der Waals surface area contributed by atoms with Crippen molar-refractivity contribution in [2.75, 3.05) is 6.61 Å². The van der Waals surface area contributed by atoms with Crippen molar-refractivity contribution in [2.24, 2.45) is 5.92 Å². The van der Waals surface area contributed by atoms with Gasteiger partial charge in [-0.2, -0.15) is 0 Å². The Morgan fingerprint density at radius 2 is 2.15 bits per heavy atom. The summed E-state index contributed by atoms with van der Waals surface area (Å²) in [5.74, 6) is 1.80. The summed E-state index contributed by atoms with van der Waals surface area (Å²) in [7, 11) is 0. The predicted octanol–water partition coefficient (Wildman–Crippen LogP) is 2.42. The van der Waals surface area contributed by atoms with Gasteiger partial charge in [0.05, 0.1) is 10.9 Å². The van der Waals surface area contributed by atoms with Gasteiger partial charge in [-0.1, -0.05) is 19.8 Å². The van der Waals surface area contributed by atoms with Crippen LogP contribution in [-0.4, -0.2) is 28.1 Å². The second kappa shape index (κ2) is 7.09. The van der Waals surface area contributed by atoms with Crippen LogP contribution in [-0.2, 0) is 17.8 Å². The van der Waals surface area contributed by atoms with Crippen LogP contribution in [0, 0.1) is 5.92 Å². The summed E-state index contributed by atoms with van der Waals surface area (Å²) in [5.41, 5.74) is 0.671. The Bertz CT molecular complexity index is 890. The molecule has 0 spiro atoms. The van der Waals surface area contributed by atoms with Crippen LogP contribution in [0.25, 0.3) is 10.9 Å². The first-order valence-electron chi connectivity index (χ1n) is 9.57. The molecule has 1 aliphatic carbocycles. The monoisotopic (exact) mass is 355 g/mol. The number of benzene rings is 1. The molecule has 2 heterocycles. The Morgan fingerprint density at radius 1 is 1.31 bits per heavy atom. The summed E-state index contributed by atoms with van der Waals surface area (Å²) in [6, 6.07) is 5.52. The number of nitrogens with one attached hydrogen (secondary N) is 1. The highest BCUT2D eigenvalue weighted by Gasteiger charge is 2.23. The fraction of sp³-hybridized carbons (Fsp3) is 0.550. The average molecular weight is 355 g/mol. The highest BCUT2D eigenvalue weighted by atomic mass is 16.5. The molecule has 0 unspecified atom stereocenters. The van der Waals surface area contributed by atoms with Gasteiger partial charge in [-0.05, 0) is 43.4 Å². The Labute approximate surface area is 152 Å². The van der Waals surface area contributed by atoms with E-state index in [0.29, 0.717) is 22.6 Å². The van der Waals surface area contributed by atoms with Gasteiger partial charge in [-0.15, -0.1) is 0 Å². The van der Waals surface area contributed by atoms with E-state index in [1.165, 1.54) is 12.8 Å². The number of ether oxygens (including phenoxy) is 1. The van der Waals surface area contributed by atoms with E-state index in [1.807, 2.05) is 0 Å². The Morgan fingerprint density at radius 3 is 3.00 bits per heavy atom. The fourth-order valence-corrected chi connectivity index (χ4v) is 4.08. The first-order valence-corrected chi connectivity index (χ1v) is 9.57. The van der Waals surface area contributed by atoms with Crippen molar-refractivity contribution >= 4 is 16.8 Å². The highest BCUT2D eigenvalue weighted by Crippen LogP contribution is 2.24. The average Bonchev–Trinajstić information content (AvgIpc) is 3.11. The van der Waals surface area contributed by atoms with E-state index >= 15 is 0 Å². The SMILES string of the molecule is C[C@@H]1CCCC[C@H]1NC(=O)COc1ccc2nc3n(c(=O)c2c1)CCC3. The van der Waals surface area contributed by atoms with E-state index in [1.54, 1.807) is 22.8 Å². The van der Waals surface area contributed by atoms with Gasteiger partial charge in [-0.25, -0.2) is 4.98 Å². The molecule has 6 heteroatoms. The van der Waals surface area contributed by atoms with E-state index < -0.39 is 0 Å². The third-order valence-corrected chi connectivity index (χ3v) is 5.61. The van der Waals surface area contributed by atoms with Crippen LogP contribution in [0.2, 0.25) is 0 Å². The number of hydrogen-bond donors (Lipinski definition) is 1. The standard InChI is InChI=1S/C20H25N3O3/c1-13-5-2-3-6-16(13)22-19(24)12-26-14-8-9-17-15(11-14)20(25)23-10-4-7-18(23)21-17/h8-9,11,13,16H,2-7,10,12H2,1H3,(H,22,24)/t13-,16-/m1/s1. The zero-order valence-corrected chi connectivity index (χ0v) is 15.2. The summed E-state index contributed by atoms with van der Waals surface area (Å²) >= 11 is 0. The van der Waals surface area contributed by atoms with Gasteiger partial charge in [0.2, 0.25) is 0 Å². The minimum Gasteiger partial charge on any atom is -0.484 e. The van der Waals surface area contributed by atoms with Gasteiger partial charge >= 0.3 is 0 Å². The van der Waals surface area contributed by atoms with Crippen LogP contribution < -0.4 is 15.6 Å². The van der Waals surface area contributed by atoms with Crippen molar-refractivity contribution < 1.29 is 9.53 Å². The van der Waals surface area contributed by atoms with Crippen molar-refractivity contribution in [1.82, 2.24) is 14.9 Å². The Balaban J connectivity index is 1.44. The van der Waals surface area contributed by atoms with Crippen molar-refractivity contribution in [3.05, 3.63) is 34.4 Å². The lowest BCUT2D eigenvalue weighted by Crippen LogP contribution is -2.43. The second-order valence-corrected chi connectivity index (χ2v) is 7.49. The number of aromatic nitrogens is 2. The van der Waals surface area contributed by atoms with Crippen LogP contribution in [0.15, 0.2) is 23.0 Å². The Hall–Kier alpha value is -2.37. The minimum absolute atomic E-state index is 0.0200. The topological polar surface area (TPSA) is 73.2 Å². The summed E-state index contributed by atoms with van der Waals surface area (Å²) in [5, 5.41) is 3.63. The van der Waals surface area contributed by atoms with E-state index in [-0.39, 0.29) is 24.1 Å². The lowest BCUT2D eigenvalue weighted by atomic mass is 9.86. The van der Waals surface area contributed by atoms with Crippen LogP contribution in [0.5, 0.6) is 5.75 Å². The molecular formula is C20H25N3O3. The first kappa shape index (κ1) is 17.1. The van der Waals surface area contributed by atoms with Gasteiger partial charge in [0.15, 0.2) is 6.61 Å². The summed E-state index contributed by atoms with van der Waals surface area (Å²) in [6.07, 6.45) is 6.43. The molecule has 1 amide bonds. The molecule has 2 aromatic rings.